The number of nitrogens with two attached hydrogens (primary N) is 1. The molecule has 70 valence electrons. The van der Waals surface area contributed by atoms with Crippen LogP contribution in [0.3, 0.4) is 0 Å². The SMILES string of the molecule is C=C(CC)P(CCN)C(=C)CC. The van der Waals surface area contributed by atoms with Gasteiger partial charge in [0.2, 0.25) is 0 Å². The minimum atomic E-state index is -0.197. The van der Waals surface area contributed by atoms with Gasteiger partial charge in [-0.3, -0.25) is 0 Å². The third-order valence-electron chi connectivity index (χ3n) is 1.93. The molecule has 0 aliphatic carbocycles. The first-order chi connectivity index (χ1) is 5.67. The van der Waals surface area contributed by atoms with Crippen molar-refractivity contribution in [1.29, 1.82) is 0 Å². The van der Waals surface area contributed by atoms with E-state index in [2.05, 4.69) is 27.0 Å². The Morgan fingerprint density at radius 2 is 1.58 bits per heavy atom. The maximum Gasteiger partial charge on any atom is -0.00320 e. The van der Waals surface area contributed by atoms with Crippen LogP contribution < -0.4 is 5.73 Å². The molecule has 0 radical (unpaired) electrons. The van der Waals surface area contributed by atoms with Crippen LogP contribution in [0.15, 0.2) is 23.8 Å². The van der Waals surface area contributed by atoms with E-state index in [0.717, 1.165) is 25.5 Å². The van der Waals surface area contributed by atoms with Crippen molar-refractivity contribution in [1.82, 2.24) is 0 Å². The summed E-state index contributed by atoms with van der Waals surface area (Å²) in [5, 5.41) is 2.67. The van der Waals surface area contributed by atoms with Crippen LogP contribution in [-0.2, 0) is 0 Å². The molecule has 0 aromatic carbocycles. The molecule has 0 atom stereocenters. The zero-order chi connectivity index (χ0) is 9.56. The van der Waals surface area contributed by atoms with E-state index in [1.807, 2.05) is 0 Å². The van der Waals surface area contributed by atoms with Gasteiger partial charge >= 0.3 is 0 Å². The predicted molar refractivity (Wildman–Crippen MR) is 59.7 cm³/mol. The standard InChI is InChI=1S/C10H20NP/c1-5-9(3)12(8-7-11)10(4)6-2/h3-8,11H2,1-2H3. The van der Waals surface area contributed by atoms with Crippen molar-refractivity contribution >= 4 is 7.92 Å². The second-order valence-corrected chi connectivity index (χ2v) is 5.35. The van der Waals surface area contributed by atoms with Crippen molar-refractivity contribution < 1.29 is 0 Å². The maximum absolute atomic E-state index is 5.55. The molecule has 0 aromatic heterocycles. The van der Waals surface area contributed by atoms with Gasteiger partial charge in [0.25, 0.3) is 0 Å². The Hall–Kier alpha value is -0.130. The molecule has 2 heteroatoms. The molecule has 0 aromatic rings. The molecule has 0 aliphatic heterocycles. The van der Waals surface area contributed by atoms with Gasteiger partial charge in [-0.05, 0) is 36.2 Å². The normalized spacial score (nSPS) is 10.3. The van der Waals surface area contributed by atoms with E-state index in [9.17, 15) is 0 Å². The molecule has 0 aliphatic rings. The molecular formula is C10H20NP. The average Bonchev–Trinajstić information content (AvgIpc) is 2.11. The predicted octanol–water partition coefficient (Wildman–Crippen LogP) is 3.27. The molecule has 0 saturated heterocycles. The minimum Gasteiger partial charge on any atom is -0.330 e. The fraction of sp³-hybridized carbons (Fsp3) is 0.600. The molecule has 0 spiro atoms. The summed E-state index contributed by atoms with van der Waals surface area (Å²) in [7, 11) is -0.197. The number of allylic oxidation sites excluding steroid dienone is 2. The van der Waals surface area contributed by atoms with Crippen molar-refractivity contribution in [2.45, 2.75) is 26.7 Å². The summed E-state index contributed by atoms with van der Waals surface area (Å²) in [6.45, 7) is 13.2. The molecular weight excluding hydrogens is 165 g/mol. The van der Waals surface area contributed by atoms with Gasteiger partial charge in [0.1, 0.15) is 0 Å². The van der Waals surface area contributed by atoms with Crippen LogP contribution in [0, 0.1) is 0 Å². The van der Waals surface area contributed by atoms with Gasteiger partial charge in [0.15, 0.2) is 0 Å². The molecule has 1 nitrogen and oxygen atoms in total. The van der Waals surface area contributed by atoms with Crippen molar-refractivity contribution in [3.8, 4) is 0 Å². The Morgan fingerprint density at radius 1 is 1.17 bits per heavy atom. The zero-order valence-corrected chi connectivity index (χ0v) is 9.16. The number of hydrogen-bond donors (Lipinski definition) is 1. The van der Waals surface area contributed by atoms with E-state index < -0.39 is 0 Å². The molecule has 0 fully saturated rings. The van der Waals surface area contributed by atoms with Crippen molar-refractivity contribution in [3.63, 3.8) is 0 Å². The third-order valence-corrected chi connectivity index (χ3v) is 4.80. The number of rotatable bonds is 6. The highest BCUT2D eigenvalue weighted by molar-refractivity contribution is 7.66. The zero-order valence-electron chi connectivity index (χ0n) is 8.27. The summed E-state index contributed by atoms with van der Waals surface area (Å²) in [6.07, 6.45) is 3.18. The highest BCUT2D eigenvalue weighted by Crippen LogP contribution is 2.52. The highest BCUT2D eigenvalue weighted by atomic mass is 31.1. The van der Waals surface area contributed by atoms with Crippen LogP contribution in [0.4, 0.5) is 0 Å². The van der Waals surface area contributed by atoms with Crippen molar-refractivity contribution in [2.75, 3.05) is 12.7 Å². The van der Waals surface area contributed by atoms with Gasteiger partial charge in [-0.2, -0.15) is 0 Å². The fourth-order valence-corrected chi connectivity index (χ4v) is 3.15. The lowest BCUT2D eigenvalue weighted by Crippen LogP contribution is -2.04. The Balaban J connectivity index is 4.21. The van der Waals surface area contributed by atoms with Gasteiger partial charge in [-0.25, -0.2) is 0 Å². The van der Waals surface area contributed by atoms with Crippen LogP contribution in [0.5, 0.6) is 0 Å². The maximum atomic E-state index is 5.55. The third kappa shape index (κ3) is 3.51. The summed E-state index contributed by atoms with van der Waals surface area (Å²) in [5.41, 5.74) is 5.55. The lowest BCUT2D eigenvalue weighted by atomic mass is 10.5. The topological polar surface area (TPSA) is 26.0 Å². The van der Waals surface area contributed by atoms with Gasteiger partial charge < -0.3 is 5.73 Å². The summed E-state index contributed by atoms with van der Waals surface area (Å²) >= 11 is 0. The second kappa shape index (κ2) is 6.39. The lowest BCUT2D eigenvalue weighted by molar-refractivity contribution is 1.11. The van der Waals surface area contributed by atoms with Crippen LogP contribution in [0.2, 0.25) is 0 Å². The van der Waals surface area contributed by atoms with E-state index >= 15 is 0 Å². The first-order valence-corrected chi connectivity index (χ1v) is 6.03. The molecule has 0 heterocycles. The van der Waals surface area contributed by atoms with E-state index in [4.69, 9.17) is 5.73 Å². The first kappa shape index (κ1) is 11.9. The molecule has 0 saturated carbocycles. The summed E-state index contributed by atoms with van der Waals surface area (Å²) < 4.78 is 0. The van der Waals surface area contributed by atoms with Crippen LogP contribution in [-0.4, -0.2) is 12.7 Å². The van der Waals surface area contributed by atoms with Gasteiger partial charge in [0.05, 0.1) is 0 Å². The van der Waals surface area contributed by atoms with Gasteiger partial charge in [-0.1, -0.05) is 34.9 Å². The van der Waals surface area contributed by atoms with Gasteiger partial charge in [0, 0.05) is 0 Å². The smallest absolute Gasteiger partial charge is 0.00320 e. The second-order valence-electron chi connectivity index (χ2n) is 2.78. The average molecular weight is 185 g/mol. The highest BCUT2D eigenvalue weighted by Gasteiger charge is 2.11. The Bertz CT molecular complexity index is 147. The minimum absolute atomic E-state index is 0.197. The Morgan fingerprint density at radius 3 is 1.83 bits per heavy atom. The molecule has 0 unspecified atom stereocenters. The van der Waals surface area contributed by atoms with Crippen LogP contribution >= 0.6 is 7.92 Å². The van der Waals surface area contributed by atoms with Crippen LogP contribution in [0.25, 0.3) is 0 Å². The molecule has 0 amide bonds. The van der Waals surface area contributed by atoms with Crippen LogP contribution in [0.1, 0.15) is 26.7 Å². The summed E-state index contributed by atoms with van der Waals surface area (Å²) in [5.74, 6) is 0. The largest absolute Gasteiger partial charge is 0.330 e. The molecule has 0 rings (SSSR count). The fourth-order valence-electron chi connectivity index (χ4n) is 1.05. The lowest BCUT2D eigenvalue weighted by Gasteiger charge is -2.20. The monoisotopic (exact) mass is 185 g/mol. The van der Waals surface area contributed by atoms with E-state index in [-0.39, 0.29) is 7.92 Å². The summed E-state index contributed by atoms with van der Waals surface area (Å²) in [6, 6.07) is 0. The van der Waals surface area contributed by atoms with E-state index in [0.29, 0.717) is 0 Å². The Kier molecular flexibility index (Phi) is 6.32. The van der Waals surface area contributed by atoms with Crippen molar-refractivity contribution in [2.24, 2.45) is 5.73 Å². The first-order valence-electron chi connectivity index (χ1n) is 4.50. The molecule has 12 heavy (non-hydrogen) atoms. The van der Waals surface area contributed by atoms with Gasteiger partial charge in [-0.15, -0.1) is 0 Å². The van der Waals surface area contributed by atoms with E-state index in [1.54, 1.807) is 0 Å². The number of hydrogen-bond acceptors (Lipinski definition) is 1. The van der Waals surface area contributed by atoms with E-state index in [1.165, 1.54) is 10.6 Å². The molecule has 2 N–H and O–H groups in total. The Labute approximate surface area is 77.5 Å². The molecule has 0 bridgehead atoms. The quantitative estimate of drug-likeness (QED) is 0.631. The van der Waals surface area contributed by atoms with Crippen molar-refractivity contribution in [3.05, 3.63) is 23.8 Å². The summed E-state index contributed by atoms with van der Waals surface area (Å²) in [4.78, 5) is 0.